The second kappa shape index (κ2) is 5.48. The quantitative estimate of drug-likeness (QED) is 0.782. The zero-order valence-electron chi connectivity index (χ0n) is 10.7. The van der Waals surface area contributed by atoms with Gasteiger partial charge in [-0.25, -0.2) is 0 Å². The van der Waals surface area contributed by atoms with Crippen molar-refractivity contribution in [3.05, 3.63) is 0 Å². The lowest BCUT2D eigenvalue weighted by molar-refractivity contribution is 0.0749. The zero-order chi connectivity index (χ0) is 11.5. The van der Waals surface area contributed by atoms with E-state index in [1.54, 1.807) is 0 Å². The normalized spacial score (nSPS) is 30.4. The van der Waals surface area contributed by atoms with Crippen LogP contribution in [0.5, 0.6) is 0 Å². The molecule has 0 spiro atoms. The number of aliphatic hydroxyl groups is 1. The van der Waals surface area contributed by atoms with Crippen LogP contribution in [0, 0.1) is 5.92 Å². The van der Waals surface area contributed by atoms with Gasteiger partial charge in [-0.3, -0.25) is 0 Å². The molecule has 0 aromatic heterocycles. The Balaban J connectivity index is 1.71. The summed E-state index contributed by atoms with van der Waals surface area (Å²) < 4.78 is 0. The topological polar surface area (TPSA) is 26.7 Å². The molecule has 0 amide bonds. The Hall–Kier alpha value is -0.120. The van der Waals surface area contributed by atoms with Crippen LogP contribution in [-0.4, -0.2) is 59.8 Å². The van der Waals surface area contributed by atoms with E-state index in [-0.39, 0.29) is 6.10 Å². The number of nitrogens with zero attached hydrogens (tertiary/aromatic N) is 2. The second-order valence-corrected chi connectivity index (χ2v) is 5.78. The van der Waals surface area contributed by atoms with Crippen molar-refractivity contribution in [2.45, 2.75) is 45.3 Å². The molecule has 1 N–H and O–H groups in total. The van der Waals surface area contributed by atoms with Gasteiger partial charge in [-0.05, 0) is 45.6 Å². The van der Waals surface area contributed by atoms with Crippen LogP contribution in [0.15, 0.2) is 0 Å². The molecule has 16 heavy (non-hydrogen) atoms. The Kier molecular flexibility index (Phi) is 4.22. The Labute approximate surface area is 99.4 Å². The van der Waals surface area contributed by atoms with E-state index < -0.39 is 0 Å². The lowest BCUT2D eigenvalue weighted by Gasteiger charge is -2.31. The van der Waals surface area contributed by atoms with E-state index in [1.807, 2.05) is 0 Å². The van der Waals surface area contributed by atoms with Crippen LogP contribution in [0.4, 0.5) is 0 Å². The van der Waals surface area contributed by atoms with Gasteiger partial charge in [0.05, 0.1) is 6.10 Å². The molecule has 0 saturated carbocycles. The molecule has 2 heterocycles. The molecule has 2 aliphatic rings. The van der Waals surface area contributed by atoms with Crippen LogP contribution in [0.25, 0.3) is 0 Å². The maximum atomic E-state index is 9.47. The molecule has 0 aromatic rings. The van der Waals surface area contributed by atoms with Crippen molar-refractivity contribution in [1.29, 1.82) is 0 Å². The highest BCUT2D eigenvalue weighted by molar-refractivity contribution is 4.81. The van der Waals surface area contributed by atoms with Crippen molar-refractivity contribution in [3.63, 3.8) is 0 Å². The van der Waals surface area contributed by atoms with Gasteiger partial charge >= 0.3 is 0 Å². The van der Waals surface area contributed by atoms with Crippen molar-refractivity contribution >= 4 is 0 Å². The standard InChI is InChI=1S/C13H26N2O/c1-11(2)15-8-3-12(10-15)9-14-6-4-13(16)5-7-14/h11-13,16H,3-10H2,1-2H3. The number of hydrogen-bond donors (Lipinski definition) is 1. The Morgan fingerprint density at radius 1 is 1.12 bits per heavy atom. The summed E-state index contributed by atoms with van der Waals surface area (Å²) >= 11 is 0. The highest BCUT2D eigenvalue weighted by atomic mass is 16.3. The molecule has 3 heteroatoms. The predicted molar refractivity (Wildman–Crippen MR) is 66.5 cm³/mol. The molecule has 2 fully saturated rings. The van der Waals surface area contributed by atoms with Crippen LogP contribution in [0.1, 0.15) is 33.1 Å². The largest absolute Gasteiger partial charge is 0.393 e. The third-order valence-corrected chi connectivity index (χ3v) is 4.12. The van der Waals surface area contributed by atoms with Gasteiger partial charge in [0.15, 0.2) is 0 Å². The molecule has 1 unspecified atom stereocenters. The summed E-state index contributed by atoms with van der Waals surface area (Å²) in [7, 11) is 0. The van der Waals surface area contributed by atoms with E-state index >= 15 is 0 Å². The molecule has 2 rings (SSSR count). The van der Waals surface area contributed by atoms with E-state index in [2.05, 4.69) is 23.6 Å². The number of aliphatic hydroxyl groups excluding tert-OH is 1. The molecule has 0 aliphatic carbocycles. The van der Waals surface area contributed by atoms with Crippen LogP contribution in [0.2, 0.25) is 0 Å². The van der Waals surface area contributed by atoms with Gasteiger partial charge in [0.1, 0.15) is 0 Å². The fraction of sp³-hybridized carbons (Fsp3) is 1.00. The van der Waals surface area contributed by atoms with Crippen molar-refractivity contribution in [2.24, 2.45) is 5.92 Å². The minimum atomic E-state index is -0.0352. The highest BCUT2D eigenvalue weighted by Crippen LogP contribution is 2.21. The number of likely N-dealkylation sites (tertiary alicyclic amines) is 2. The molecular formula is C13H26N2O. The smallest absolute Gasteiger partial charge is 0.0564 e. The zero-order valence-corrected chi connectivity index (χ0v) is 10.7. The monoisotopic (exact) mass is 226 g/mol. The summed E-state index contributed by atoms with van der Waals surface area (Å²) in [6.07, 6.45) is 3.27. The summed E-state index contributed by atoms with van der Waals surface area (Å²) in [5.74, 6) is 0.859. The van der Waals surface area contributed by atoms with Gasteiger partial charge in [0, 0.05) is 32.2 Å². The van der Waals surface area contributed by atoms with Gasteiger partial charge in [0.2, 0.25) is 0 Å². The summed E-state index contributed by atoms with van der Waals surface area (Å²) in [4.78, 5) is 5.13. The van der Waals surface area contributed by atoms with Crippen LogP contribution in [0.3, 0.4) is 0 Å². The molecule has 3 nitrogen and oxygen atoms in total. The van der Waals surface area contributed by atoms with Crippen LogP contribution < -0.4 is 0 Å². The molecule has 0 radical (unpaired) electrons. The highest BCUT2D eigenvalue weighted by Gasteiger charge is 2.27. The maximum absolute atomic E-state index is 9.47. The molecule has 2 saturated heterocycles. The molecular weight excluding hydrogens is 200 g/mol. The first-order chi connectivity index (χ1) is 7.65. The van der Waals surface area contributed by atoms with Gasteiger partial charge in [-0.1, -0.05) is 0 Å². The van der Waals surface area contributed by atoms with E-state index in [0.29, 0.717) is 6.04 Å². The van der Waals surface area contributed by atoms with Gasteiger partial charge in [-0.2, -0.15) is 0 Å². The van der Waals surface area contributed by atoms with E-state index in [4.69, 9.17) is 0 Å². The average molecular weight is 226 g/mol. The van der Waals surface area contributed by atoms with Crippen molar-refractivity contribution in [3.8, 4) is 0 Å². The van der Waals surface area contributed by atoms with Crippen molar-refractivity contribution in [2.75, 3.05) is 32.7 Å². The van der Waals surface area contributed by atoms with Crippen molar-refractivity contribution in [1.82, 2.24) is 9.80 Å². The molecule has 94 valence electrons. The molecule has 0 aromatic carbocycles. The molecule has 1 atom stereocenters. The van der Waals surface area contributed by atoms with Crippen molar-refractivity contribution < 1.29 is 5.11 Å². The van der Waals surface area contributed by atoms with Crippen LogP contribution >= 0.6 is 0 Å². The Bertz CT molecular complexity index is 212. The third kappa shape index (κ3) is 3.19. The number of piperidine rings is 1. The summed E-state index contributed by atoms with van der Waals surface area (Å²) in [5.41, 5.74) is 0. The number of hydrogen-bond acceptors (Lipinski definition) is 3. The first-order valence-corrected chi connectivity index (χ1v) is 6.79. The fourth-order valence-electron chi connectivity index (χ4n) is 2.95. The minimum Gasteiger partial charge on any atom is -0.393 e. The average Bonchev–Trinajstić information content (AvgIpc) is 2.70. The van der Waals surface area contributed by atoms with E-state index in [9.17, 15) is 5.11 Å². The first kappa shape index (κ1) is 12.3. The lowest BCUT2D eigenvalue weighted by Crippen LogP contribution is -2.39. The summed E-state index contributed by atoms with van der Waals surface area (Å²) in [6.45, 7) is 10.6. The fourth-order valence-corrected chi connectivity index (χ4v) is 2.95. The Morgan fingerprint density at radius 3 is 2.38 bits per heavy atom. The van der Waals surface area contributed by atoms with E-state index in [0.717, 1.165) is 31.8 Å². The van der Waals surface area contributed by atoms with Crippen LogP contribution in [-0.2, 0) is 0 Å². The van der Waals surface area contributed by atoms with Gasteiger partial charge in [0.25, 0.3) is 0 Å². The SMILES string of the molecule is CC(C)N1CCC(CN2CCC(O)CC2)C1. The first-order valence-electron chi connectivity index (χ1n) is 6.79. The molecule has 2 aliphatic heterocycles. The summed E-state index contributed by atoms with van der Waals surface area (Å²) in [6, 6.07) is 0.702. The third-order valence-electron chi connectivity index (χ3n) is 4.12. The van der Waals surface area contributed by atoms with Gasteiger partial charge < -0.3 is 14.9 Å². The summed E-state index contributed by atoms with van der Waals surface area (Å²) in [5, 5.41) is 9.47. The number of rotatable bonds is 3. The Morgan fingerprint density at radius 2 is 1.81 bits per heavy atom. The maximum Gasteiger partial charge on any atom is 0.0564 e. The lowest BCUT2D eigenvalue weighted by atomic mass is 10.0. The molecule has 0 bridgehead atoms. The predicted octanol–water partition coefficient (Wildman–Crippen LogP) is 1.17. The van der Waals surface area contributed by atoms with Gasteiger partial charge in [-0.15, -0.1) is 0 Å². The minimum absolute atomic E-state index is 0.0352. The second-order valence-electron chi connectivity index (χ2n) is 5.78. The van der Waals surface area contributed by atoms with E-state index in [1.165, 1.54) is 26.1 Å².